The topological polar surface area (TPSA) is 66.7 Å². The second-order valence-corrected chi connectivity index (χ2v) is 7.64. The van der Waals surface area contributed by atoms with Crippen LogP contribution in [0.4, 0.5) is 0 Å². The van der Waals surface area contributed by atoms with Crippen LogP contribution in [0.1, 0.15) is 46.6 Å². The highest BCUT2D eigenvalue weighted by Crippen LogP contribution is 2.28. The molecule has 128 valence electrons. The van der Waals surface area contributed by atoms with Gasteiger partial charge in [0.25, 0.3) is 11.5 Å². The molecule has 1 aliphatic heterocycles. The first kappa shape index (κ1) is 15.8. The van der Waals surface area contributed by atoms with Gasteiger partial charge in [0.15, 0.2) is 4.96 Å². The van der Waals surface area contributed by atoms with Gasteiger partial charge < -0.3 is 10.2 Å². The van der Waals surface area contributed by atoms with Crippen molar-refractivity contribution in [1.82, 2.24) is 19.6 Å². The van der Waals surface area contributed by atoms with Crippen molar-refractivity contribution in [1.29, 1.82) is 0 Å². The normalized spacial score (nSPS) is 18.0. The van der Waals surface area contributed by atoms with E-state index in [1.165, 1.54) is 30.3 Å². The zero-order chi connectivity index (χ0) is 16.5. The Morgan fingerprint density at radius 2 is 2.00 bits per heavy atom. The van der Waals surface area contributed by atoms with Gasteiger partial charge in [-0.05, 0) is 51.6 Å². The van der Waals surface area contributed by atoms with Crippen molar-refractivity contribution in [2.75, 3.05) is 26.2 Å². The lowest BCUT2D eigenvalue weighted by Crippen LogP contribution is -2.36. The van der Waals surface area contributed by atoms with Crippen LogP contribution in [0.3, 0.4) is 0 Å². The zero-order valence-corrected chi connectivity index (χ0v) is 14.5. The highest BCUT2D eigenvalue weighted by atomic mass is 32.1. The summed E-state index contributed by atoms with van der Waals surface area (Å²) in [4.78, 5) is 33.8. The molecule has 0 aromatic carbocycles. The molecule has 1 amide bonds. The number of rotatable bonds is 4. The summed E-state index contributed by atoms with van der Waals surface area (Å²) >= 11 is 1.58. The number of fused-ring (bicyclic) bond motifs is 3. The first-order valence-electron chi connectivity index (χ1n) is 8.77. The number of carbonyl (C=O) groups is 1. The van der Waals surface area contributed by atoms with Gasteiger partial charge in [0.2, 0.25) is 0 Å². The predicted octanol–water partition coefficient (Wildman–Crippen LogP) is 1.46. The van der Waals surface area contributed by atoms with Crippen molar-refractivity contribution in [3.05, 3.63) is 32.7 Å². The number of aryl methyl sites for hydroxylation is 2. The monoisotopic (exact) mass is 346 g/mol. The Hall–Kier alpha value is -1.73. The van der Waals surface area contributed by atoms with Crippen molar-refractivity contribution < 1.29 is 4.79 Å². The van der Waals surface area contributed by atoms with Gasteiger partial charge in [-0.25, -0.2) is 4.98 Å². The quantitative estimate of drug-likeness (QED) is 0.910. The minimum Gasteiger partial charge on any atom is -0.351 e. The first-order valence-corrected chi connectivity index (χ1v) is 9.58. The number of aromatic nitrogens is 2. The molecule has 4 rings (SSSR count). The second kappa shape index (κ2) is 6.64. The molecule has 0 saturated carbocycles. The summed E-state index contributed by atoms with van der Waals surface area (Å²) in [5.74, 6) is -0.308. The van der Waals surface area contributed by atoms with Crippen LogP contribution in [-0.2, 0) is 12.8 Å². The molecule has 1 fully saturated rings. The third kappa shape index (κ3) is 2.86. The lowest BCUT2D eigenvalue weighted by atomic mass is 10.0. The minimum atomic E-state index is -0.308. The smallest absolute Gasteiger partial charge is 0.271 e. The highest BCUT2D eigenvalue weighted by Gasteiger charge is 2.21. The summed E-state index contributed by atoms with van der Waals surface area (Å²) in [6, 6.07) is 0. The molecule has 24 heavy (non-hydrogen) atoms. The van der Waals surface area contributed by atoms with E-state index in [1.54, 1.807) is 15.7 Å². The summed E-state index contributed by atoms with van der Waals surface area (Å²) in [5.41, 5.74) is 0.989. The van der Waals surface area contributed by atoms with E-state index < -0.39 is 0 Å². The summed E-state index contributed by atoms with van der Waals surface area (Å²) in [5, 5.41) is 2.87. The van der Waals surface area contributed by atoms with Crippen LogP contribution in [0.2, 0.25) is 0 Å². The maximum absolute atomic E-state index is 12.8. The van der Waals surface area contributed by atoms with Crippen LogP contribution in [0.5, 0.6) is 0 Å². The van der Waals surface area contributed by atoms with Crippen LogP contribution in [0.25, 0.3) is 4.96 Å². The molecular weight excluding hydrogens is 324 g/mol. The van der Waals surface area contributed by atoms with Gasteiger partial charge in [0.05, 0.1) is 0 Å². The molecule has 0 bridgehead atoms. The van der Waals surface area contributed by atoms with Crippen molar-refractivity contribution in [3.8, 4) is 0 Å². The Bertz CT molecular complexity index is 820. The van der Waals surface area contributed by atoms with Crippen LogP contribution in [0.15, 0.2) is 11.0 Å². The van der Waals surface area contributed by atoms with E-state index in [9.17, 15) is 9.59 Å². The van der Waals surface area contributed by atoms with Crippen LogP contribution < -0.4 is 10.9 Å². The molecule has 1 N–H and O–H groups in total. The van der Waals surface area contributed by atoms with E-state index in [2.05, 4.69) is 15.2 Å². The maximum Gasteiger partial charge on any atom is 0.271 e. The van der Waals surface area contributed by atoms with Crippen molar-refractivity contribution in [2.45, 2.75) is 38.5 Å². The van der Waals surface area contributed by atoms with Crippen LogP contribution >= 0.6 is 11.3 Å². The van der Waals surface area contributed by atoms with E-state index in [1.807, 2.05) is 0 Å². The molecule has 0 atom stereocenters. The summed E-state index contributed by atoms with van der Waals surface area (Å²) in [6.07, 6.45) is 8.08. The first-order chi connectivity index (χ1) is 11.7. The number of amides is 1. The SMILES string of the molecule is O=C(NCCN1CCCC1)c1cnc2sc3c(n2c1=O)CCCC3. The fraction of sp³-hybridized carbons (Fsp3) is 0.588. The largest absolute Gasteiger partial charge is 0.351 e. The summed E-state index contributed by atoms with van der Waals surface area (Å²) in [7, 11) is 0. The summed E-state index contributed by atoms with van der Waals surface area (Å²) < 4.78 is 1.66. The van der Waals surface area contributed by atoms with Gasteiger partial charge in [-0.2, -0.15) is 0 Å². The lowest BCUT2D eigenvalue weighted by molar-refractivity contribution is 0.0947. The molecule has 1 saturated heterocycles. The van der Waals surface area contributed by atoms with E-state index in [-0.39, 0.29) is 17.0 Å². The molecule has 0 unspecified atom stereocenters. The molecule has 6 nitrogen and oxygen atoms in total. The number of likely N-dealkylation sites (tertiary alicyclic amines) is 1. The molecule has 3 heterocycles. The summed E-state index contributed by atoms with van der Waals surface area (Å²) in [6.45, 7) is 3.62. The third-order valence-corrected chi connectivity index (χ3v) is 6.12. The number of thiazole rings is 1. The van der Waals surface area contributed by atoms with Crippen LogP contribution in [-0.4, -0.2) is 46.4 Å². The van der Waals surface area contributed by atoms with Crippen LogP contribution in [0, 0.1) is 0 Å². The van der Waals surface area contributed by atoms with E-state index in [4.69, 9.17) is 0 Å². The average Bonchev–Trinajstić information content (AvgIpc) is 3.22. The second-order valence-electron chi connectivity index (χ2n) is 6.58. The van der Waals surface area contributed by atoms with Gasteiger partial charge in [-0.15, -0.1) is 11.3 Å². The molecule has 0 radical (unpaired) electrons. The van der Waals surface area contributed by atoms with Gasteiger partial charge in [-0.1, -0.05) is 0 Å². The van der Waals surface area contributed by atoms with Gasteiger partial charge in [0, 0.05) is 29.9 Å². The van der Waals surface area contributed by atoms with E-state index in [0.717, 1.165) is 44.6 Å². The number of nitrogens with one attached hydrogen (secondary N) is 1. The molecule has 2 aromatic rings. The zero-order valence-electron chi connectivity index (χ0n) is 13.7. The molecule has 7 heteroatoms. The third-order valence-electron chi connectivity index (χ3n) is 4.96. The molecular formula is C17H22N4O2S. The Labute approximate surface area is 144 Å². The van der Waals surface area contributed by atoms with Crippen molar-refractivity contribution >= 4 is 22.2 Å². The highest BCUT2D eigenvalue weighted by molar-refractivity contribution is 7.17. The Kier molecular flexibility index (Phi) is 4.37. The Balaban J connectivity index is 1.54. The molecule has 2 aliphatic rings. The molecule has 2 aromatic heterocycles. The number of carbonyl (C=O) groups excluding carboxylic acids is 1. The fourth-order valence-corrected chi connectivity index (χ4v) is 4.82. The van der Waals surface area contributed by atoms with Crippen molar-refractivity contribution in [3.63, 3.8) is 0 Å². The van der Waals surface area contributed by atoms with E-state index in [0.29, 0.717) is 11.5 Å². The molecule has 1 aliphatic carbocycles. The minimum absolute atomic E-state index is 0.153. The number of hydrogen-bond acceptors (Lipinski definition) is 5. The average molecular weight is 346 g/mol. The molecule has 0 spiro atoms. The Morgan fingerprint density at radius 1 is 1.21 bits per heavy atom. The van der Waals surface area contributed by atoms with Gasteiger partial charge in [0.1, 0.15) is 5.56 Å². The predicted molar refractivity (Wildman–Crippen MR) is 94.0 cm³/mol. The standard InChI is InChI=1S/C17H22N4O2S/c22-15(18-7-10-20-8-3-4-9-20)12-11-19-17-21(16(12)23)13-5-1-2-6-14(13)24-17/h11H,1-10H2,(H,18,22). The van der Waals surface area contributed by atoms with Crippen molar-refractivity contribution in [2.24, 2.45) is 0 Å². The lowest BCUT2D eigenvalue weighted by Gasteiger charge is -2.14. The number of nitrogens with zero attached hydrogens (tertiary/aromatic N) is 3. The Morgan fingerprint density at radius 3 is 2.83 bits per heavy atom. The van der Waals surface area contributed by atoms with Gasteiger partial charge in [-0.3, -0.25) is 14.0 Å². The number of hydrogen-bond donors (Lipinski definition) is 1. The van der Waals surface area contributed by atoms with Gasteiger partial charge >= 0.3 is 0 Å². The maximum atomic E-state index is 12.8. The fourth-order valence-electron chi connectivity index (χ4n) is 3.65. The van der Waals surface area contributed by atoms with E-state index >= 15 is 0 Å².